The maximum atomic E-state index is 12.1. The average Bonchev–Trinajstić information content (AvgIpc) is 3.12. The van der Waals surface area contributed by atoms with Crippen LogP contribution in [0.15, 0.2) is 12.1 Å². The number of nitrogens with zero attached hydrogens (tertiary/aromatic N) is 1. The van der Waals surface area contributed by atoms with Crippen LogP contribution in [-0.2, 0) is 20.6 Å². The predicted molar refractivity (Wildman–Crippen MR) is 92.1 cm³/mol. The third-order valence-corrected chi connectivity index (χ3v) is 4.25. The molecule has 3 rings (SSSR count). The first kappa shape index (κ1) is 18.5. The predicted octanol–water partition coefficient (Wildman–Crippen LogP) is 1.59. The minimum Gasteiger partial charge on any atom is -0.464 e. The summed E-state index contributed by atoms with van der Waals surface area (Å²) in [7, 11) is 3.61. The number of carbonyl (C=O) groups is 3. The van der Waals surface area contributed by atoms with Crippen molar-refractivity contribution in [2.24, 2.45) is 0 Å². The maximum Gasteiger partial charge on any atom is 0.513 e. The van der Waals surface area contributed by atoms with Crippen molar-refractivity contribution >= 4 is 34.8 Å². The van der Waals surface area contributed by atoms with Crippen molar-refractivity contribution in [3.63, 3.8) is 0 Å². The molecule has 144 valence electrons. The molecule has 1 amide bonds. The zero-order valence-corrected chi connectivity index (χ0v) is 14.9. The minimum absolute atomic E-state index is 0.0110. The Balaban J connectivity index is 2.26. The molecule has 1 unspecified atom stereocenters. The van der Waals surface area contributed by atoms with Crippen LogP contribution in [-0.4, -0.2) is 62.3 Å². The summed E-state index contributed by atoms with van der Waals surface area (Å²) in [4.78, 5) is 39.7. The number of carbonyl (C=O) groups excluding carboxylic acids is 3. The van der Waals surface area contributed by atoms with E-state index in [9.17, 15) is 19.5 Å². The van der Waals surface area contributed by atoms with Crippen LogP contribution >= 0.6 is 0 Å². The molecule has 0 saturated heterocycles. The third-order valence-electron chi connectivity index (χ3n) is 4.25. The van der Waals surface area contributed by atoms with Crippen molar-refractivity contribution in [3.05, 3.63) is 23.4 Å². The number of aromatic amines is 1. The second-order valence-electron chi connectivity index (χ2n) is 5.83. The lowest BCUT2D eigenvalue weighted by Gasteiger charge is -2.32. The Hall–Kier alpha value is -3.27. The van der Waals surface area contributed by atoms with Gasteiger partial charge in [0.25, 0.3) is 0 Å². The Morgan fingerprint density at radius 1 is 1.15 bits per heavy atom. The van der Waals surface area contributed by atoms with Gasteiger partial charge in [-0.25, -0.2) is 14.4 Å². The van der Waals surface area contributed by atoms with Crippen molar-refractivity contribution < 1.29 is 38.4 Å². The van der Waals surface area contributed by atoms with Gasteiger partial charge in [0.2, 0.25) is 0 Å². The van der Waals surface area contributed by atoms with E-state index in [4.69, 9.17) is 14.2 Å². The molecule has 0 bridgehead atoms. The van der Waals surface area contributed by atoms with Gasteiger partial charge in [0.05, 0.1) is 45.2 Å². The van der Waals surface area contributed by atoms with E-state index in [-0.39, 0.29) is 24.4 Å². The Morgan fingerprint density at radius 3 is 2.52 bits per heavy atom. The summed E-state index contributed by atoms with van der Waals surface area (Å²) in [6.45, 7) is 0.0110. The molecule has 2 N–H and O–H groups in total. The first-order valence-corrected chi connectivity index (χ1v) is 7.95. The molecule has 0 saturated carbocycles. The standard InChI is InChI=1S/C17H18N2O8/c1-24-15(21)11-5-10-9-4-8(20)7-19(16(22)25-2)12(9)6-13(14(10)18-11)27-17(23)26-3/h5-6,8,18,20H,4,7H2,1-3H3. The molecule has 0 fully saturated rings. The highest BCUT2D eigenvalue weighted by atomic mass is 16.7. The summed E-state index contributed by atoms with van der Waals surface area (Å²) in [5.74, 6) is -0.568. The normalized spacial score (nSPS) is 15.9. The van der Waals surface area contributed by atoms with Crippen molar-refractivity contribution in [3.8, 4) is 5.75 Å². The van der Waals surface area contributed by atoms with E-state index < -0.39 is 24.3 Å². The summed E-state index contributed by atoms with van der Waals surface area (Å²) >= 11 is 0. The number of aliphatic hydroxyl groups excluding tert-OH is 1. The SMILES string of the molecule is COC(=O)Oc1cc2c(c3cc(C(=O)OC)[nH]c13)CC(O)CN2C(=O)OC. The first-order valence-electron chi connectivity index (χ1n) is 7.95. The van der Waals surface area contributed by atoms with Gasteiger partial charge in [-0.1, -0.05) is 0 Å². The highest BCUT2D eigenvalue weighted by Gasteiger charge is 2.32. The van der Waals surface area contributed by atoms with E-state index in [1.807, 2.05) is 0 Å². The monoisotopic (exact) mass is 378 g/mol. The number of aliphatic hydroxyl groups is 1. The lowest BCUT2D eigenvalue weighted by Crippen LogP contribution is -2.42. The number of fused-ring (bicyclic) bond motifs is 3. The highest BCUT2D eigenvalue weighted by Crippen LogP contribution is 2.40. The molecule has 1 atom stereocenters. The maximum absolute atomic E-state index is 12.1. The fourth-order valence-electron chi connectivity index (χ4n) is 3.09. The molecule has 1 aromatic carbocycles. The van der Waals surface area contributed by atoms with Gasteiger partial charge >= 0.3 is 18.2 Å². The molecule has 0 radical (unpaired) electrons. The quantitative estimate of drug-likeness (QED) is 0.458. The number of hydrogen-bond acceptors (Lipinski definition) is 8. The molecule has 2 heterocycles. The van der Waals surface area contributed by atoms with Gasteiger partial charge in [0, 0.05) is 17.9 Å². The Morgan fingerprint density at radius 2 is 1.89 bits per heavy atom. The van der Waals surface area contributed by atoms with E-state index in [0.29, 0.717) is 22.2 Å². The van der Waals surface area contributed by atoms with Crippen molar-refractivity contribution in [1.29, 1.82) is 0 Å². The fourth-order valence-corrected chi connectivity index (χ4v) is 3.09. The molecular formula is C17H18N2O8. The third kappa shape index (κ3) is 3.26. The Kier molecular flexibility index (Phi) is 4.91. The number of aromatic nitrogens is 1. The second-order valence-corrected chi connectivity index (χ2v) is 5.83. The molecule has 1 aliphatic heterocycles. The lowest BCUT2D eigenvalue weighted by atomic mass is 9.96. The zero-order valence-electron chi connectivity index (χ0n) is 14.9. The largest absolute Gasteiger partial charge is 0.513 e. The van der Waals surface area contributed by atoms with Crippen LogP contribution in [0.25, 0.3) is 10.9 Å². The number of esters is 1. The number of benzene rings is 1. The highest BCUT2D eigenvalue weighted by molar-refractivity contribution is 6.03. The number of β-amino-alcohol motifs (C(OH)–C–C–N with tert-alkyl or cyclic N) is 1. The summed E-state index contributed by atoms with van der Waals surface area (Å²) in [6.07, 6.45) is -2.24. The van der Waals surface area contributed by atoms with Gasteiger partial charge in [-0.05, 0) is 11.6 Å². The van der Waals surface area contributed by atoms with Gasteiger partial charge in [-0.3, -0.25) is 4.90 Å². The lowest BCUT2D eigenvalue weighted by molar-refractivity contribution is 0.0595. The van der Waals surface area contributed by atoms with Gasteiger partial charge in [0.1, 0.15) is 5.69 Å². The number of hydrogen-bond donors (Lipinski definition) is 2. The topological polar surface area (TPSA) is 127 Å². The van der Waals surface area contributed by atoms with E-state index in [0.717, 1.165) is 7.11 Å². The number of rotatable bonds is 2. The molecule has 0 spiro atoms. The number of amides is 1. The second kappa shape index (κ2) is 7.16. The van der Waals surface area contributed by atoms with E-state index in [1.165, 1.54) is 31.3 Å². The Labute approximate surface area is 153 Å². The van der Waals surface area contributed by atoms with Crippen LogP contribution in [0.2, 0.25) is 0 Å². The van der Waals surface area contributed by atoms with E-state index >= 15 is 0 Å². The number of ether oxygens (including phenoxy) is 4. The number of nitrogens with one attached hydrogen (secondary N) is 1. The van der Waals surface area contributed by atoms with Crippen LogP contribution < -0.4 is 9.64 Å². The molecular weight excluding hydrogens is 360 g/mol. The molecule has 2 aromatic rings. The first-order chi connectivity index (χ1) is 12.9. The van der Waals surface area contributed by atoms with Crippen LogP contribution in [0.5, 0.6) is 5.75 Å². The van der Waals surface area contributed by atoms with Gasteiger partial charge in [-0.15, -0.1) is 0 Å². The minimum atomic E-state index is -0.967. The van der Waals surface area contributed by atoms with E-state index in [2.05, 4.69) is 9.72 Å². The van der Waals surface area contributed by atoms with Crippen molar-refractivity contribution in [2.75, 3.05) is 32.8 Å². The van der Waals surface area contributed by atoms with Crippen LogP contribution in [0.1, 0.15) is 16.1 Å². The summed E-state index contributed by atoms with van der Waals surface area (Å²) in [5, 5.41) is 10.7. The molecule has 10 nitrogen and oxygen atoms in total. The van der Waals surface area contributed by atoms with Crippen LogP contribution in [0, 0.1) is 0 Å². The Bertz CT molecular complexity index is 919. The number of methoxy groups -OCH3 is 3. The molecule has 1 aromatic heterocycles. The fraction of sp³-hybridized carbons (Fsp3) is 0.353. The van der Waals surface area contributed by atoms with Gasteiger partial charge in [-0.2, -0.15) is 0 Å². The average molecular weight is 378 g/mol. The molecule has 10 heteroatoms. The summed E-state index contributed by atoms with van der Waals surface area (Å²) in [6, 6.07) is 2.96. The molecule has 27 heavy (non-hydrogen) atoms. The van der Waals surface area contributed by atoms with Crippen LogP contribution in [0.3, 0.4) is 0 Å². The summed E-state index contributed by atoms with van der Waals surface area (Å²) < 4.78 is 19.2. The van der Waals surface area contributed by atoms with Crippen molar-refractivity contribution in [1.82, 2.24) is 4.98 Å². The molecule has 1 aliphatic rings. The zero-order chi connectivity index (χ0) is 19.7. The van der Waals surface area contributed by atoms with Gasteiger partial charge < -0.3 is 29.0 Å². The smallest absolute Gasteiger partial charge is 0.464 e. The van der Waals surface area contributed by atoms with E-state index in [1.54, 1.807) is 0 Å². The van der Waals surface area contributed by atoms with Crippen molar-refractivity contribution in [2.45, 2.75) is 12.5 Å². The number of H-pyrrole nitrogens is 1. The summed E-state index contributed by atoms with van der Waals surface area (Å²) in [5.41, 5.74) is 1.45. The van der Waals surface area contributed by atoms with Crippen LogP contribution in [0.4, 0.5) is 15.3 Å². The van der Waals surface area contributed by atoms with Gasteiger partial charge in [0.15, 0.2) is 5.75 Å². The molecule has 0 aliphatic carbocycles. The number of anilines is 1.